The maximum Gasteiger partial charge on any atom is 0.255 e. The van der Waals surface area contributed by atoms with Crippen molar-refractivity contribution in [2.45, 2.75) is 25.9 Å². The molecule has 48 heavy (non-hydrogen) atoms. The molecular weight excluding hydrogens is 634 g/mol. The molecule has 0 aliphatic heterocycles. The molecule has 4 aromatic carbocycles. The van der Waals surface area contributed by atoms with E-state index in [1.807, 2.05) is 34.8 Å². The maximum absolute atomic E-state index is 14.8. The Morgan fingerprint density at radius 3 is 2.46 bits per heavy atom. The number of methoxy groups -OCH3 is 1. The second kappa shape index (κ2) is 13.0. The number of furan rings is 1. The van der Waals surface area contributed by atoms with Gasteiger partial charge in [0.15, 0.2) is 5.58 Å². The fourth-order valence-corrected chi connectivity index (χ4v) is 6.22. The molecule has 0 spiro atoms. The summed E-state index contributed by atoms with van der Waals surface area (Å²) in [6.07, 6.45) is 2.16. The summed E-state index contributed by atoms with van der Waals surface area (Å²) in [6.45, 7) is 3.46. The number of oxazole rings is 1. The SMILES string of the molecule is CNC(=O)c1c(-c2ccc(F)cc2)oc2cc(N(CCC(C)(C)F)SC)c(-c3ccc(OC)c(-c4nc5c(C#N)cccc5o4)c3)cc12. The zero-order valence-electron chi connectivity index (χ0n) is 27.0. The van der Waals surface area contributed by atoms with Gasteiger partial charge in [-0.1, -0.05) is 24.1 Å². The lowest BCUT2D eigenvalue weighted by Gasteiger charge is -2.27. The minimum atomic E-state index is -1.41. The van der Waals surface area contributed by atoms with Crippen molar-refractivity contribution in [2.75, 3.05) is 31.3 Å². The third kappa shape index (κ3) is 6.19. The van der Waals surface area contributed by atoms with Crippen LogP contribution in [0.5, 0.6) is 5.75 Å². The molecule has 0 saturated carbocycles. The third-order valence-electron chi connectivity index (χ3n) is 8.05. The Labute approximate surface area is 280 Å². The monoisotopic (exact) mass is 666 g/mol. The molecule has 0 unspecified atom stereocenters. The van der Waals surface area contributed by atoms with Gasteiger partial charge >= 0.3 is 0 Å². The number of amides is 1. The molecule has 8 nitrogen and oxygen atoms in total. The first-order valence-electron chi connectivity index (χ1n) is 15.1. The number of carbonyl (C=O) groups is 1. The Hall–Kier alpha value is -5.34. The molecule has 0 atom stereocenters. The smallest absolute Gasteiger partial charge is 0.255 e. The fourth-order valence-electron chi connectivity index (χ4n) is 5.60. The molecule has 2 heterocycles. The van der Waals surface area contributed by atoms with Crippen molar-refractivity contribution < 1.29 is 27.1 Å². The number of nitriles is 1. The average Bonchev–Trinajstić information content (AvgIpc) is 3.69. The van der Waals surface area contributed by atoms with Gasteiger partial charge in [0.05, 0.1) is 29.5 Å². The normalized spacial score (nSPS) is 11.5. The Morgan fingerprint density at radius 1 is 1.04 bits per heavy atom. The molecule has 244 valence electrons. The van der Waals surface area contributed by atoms with Gasteiger partial charge in [-0.15, -0.1) is 0 Å². The second-order valence-electron chi connectivity index (χ2n) is 11.7. The summed E-state index contributed by atoms with van der Waals surface area (Å²) >= 11 is 1.43. The lowest BCUT2D eigenvalue weighted by molar-refractivity contribution is 0.0964. The van der Waals surface area contributed by atoms with Crippen LogP contribution in [-0.4, -0.2) is 43.5 Å². The Bertz CT molecular complexity index is 2200. The molecule has 0 bridgehead atoms. The van der Waals surface area contributed by atoms with E-state index in [-0.39, 0.29) is 18.2 Å². The zero-order chi connectivity index (χ0) is 34.2. The van der Waals surface area contributed by atoms with Crippen LogP contribution in [0.3, 0.4) is 0 Å². The number of hydrogen-bond donors (Lipinski definition) is 1. The van der Waals surface area contributed by atoms with Gasteiger partial charge in [-0.05, 0) is 80.4 Å². The predicted octanol–water partition coefficient (Wildman–Crippen LogP) is 9.18. The number of aromatic nitrogens is 1. The highest BCUT2D eigenvalue weighted by Gasteiger charge is 2.27. The van der Waals surface area contributed by atoms with Crippen molar-refractivity contribution in [3.63, 3.8) is 0 Å². The van der Waals surface area contributed by atoms with E-state index in [1.165, 1.54) is 31.1 Å². The Kier molecular flexibility index (Phi) is 8.86. The van der Waals surface area contributed by atoms with Crippen LogP contribution in [0.15, 0.2) is 81.6 Å². The number of rotatable bonds is 10. The molecule has 0 saturated heterocycles. The van der Waals surface area contributed by atoms with E-state index in [0.717, 1.165) is 16.8 Å². The summed E-state index contributed by atoms with van der Waals surface area (Å²) in [6, 6.07) is 22.3. The molecule has 1 amide bonds. The van der Waals surface area contributed by atoms with Gasteiger partial charge in [0.25, 0.3) is 5.91 Å². The number of halogens is 2. The van der Waals surface area contributed by atoms with E-state index in [9.17, 15) is 18.8 Å². The second-order valence-corrected chi connectivity index (χ2v) is 12.5. The van der Waals surface area contributed by atoms with Crippen LogP contribution in [0.25, 0.3) is 56.0 Å². The molecule has 11 heteroatoms. The van der Waals surface area contributed by atoms with Crippen molar-refractivity contribution in [1.82, 2.24) is 10.3 Å². The first-order valence-corrected chi connectivity index (χ1v) is 16.3. The largest absolute Gasteiger partial charge is 0.496 e. The van der Waals surface area contributed by atoms with E-state index >= 15 is 0 Å². The predicted molar refractivity (Wildman–Crippen MR) is 185 cm³/mol. The molecule has 0 aliphatic rings. The van der Waals surface area contributed by atoms with E-state index in [2.05, 4.69) is 16.4 Å². The van der Waals surface area contributed by atoms with Gasteiger partial charge in [-0.2, -0.15) is 5.26 Å². The summed E-state index contributed by atoms with van der Waals surface area (Å²) < 4.78 is 48.7. The fraction of sp³-hybridized carbons (Fsp3) is 0.216. The van der Waals surface area contributed by atoms with Crippen LogP contribution in [0.1, 0.15) is 36.2 Å². The van der Waals surface area contributed by atoms with E-state index in [1.54, 1.807) is 57.4 Å². The van der Waals surface area contributed by atoms with Gasteiger partial charge in [0, 0.05) is 42.4 Å². The highest BCUT2D eigenvalue weighted by atomic mass is 32.2. The van der Waals surface area contributed by atoms with Crippen LogP contribution in [0, 0.1) is 17.1 Å². The zero-order valence-corrected chi connectivity index (χ0v) is 27.8. The van der Waals surface area contributed by atoms with E-state index in [0.29, 0.717) is 62.4 Å². The molecule has 1 N–H and O–H groups in total. The Morgan fingerprint density at radius 2 is 1.79 bits per heavy atom. The highest BCUT2D eigenvalue weighted by molar-refractivity contribution is 8.00. The lowest BCUT2D eigenvalue weighted by atomic mass is 9.96. The molecule has 0 radical (unpaired) electrons. The van der Waals surface area contributed by atoms with Crippen LogP contribution >= 0.6 is 11.9 Å². The minimum Gasteiger partial charge on any atom is -0.496 e. The lowest BCUT2D eigenvalue weighted by Crippen LogP contribution is -2.24. The number of benzene rings is 4. The van der Waals surface area contributed by atoms with Crippen LogP contribution in [-0.2, 0) is 0 Å². The van der Waals surface area contributed by atoms with Gasteiger partial charge in [0.2, 0.25) is 5.89 Å². The molecule has 0 aliphatic carbocycles. The number of anilines is 1. The molecule has 6 rings (SSSR count). The van der Waals surface area contributed by atoms with Crippen molar-refractivity contribution in [2.24, 2.45) is 0 Å². The summed E-state index contributed by atoms with van der Waals surface area (Å²) in [5, 5.41) is 12.9. The number of para-hydroxylation sites is 1. The van der Waals surface area contributed by atoms with Crippen LogP contribution in [0.2, 0.25) is 0 Å². The quantitative estimate of drug-likeness (QED) is 0.144. The first-order chi connectivity index (χ1) is 23.0. The number of nitrogens with one attached hydrogen (secondary N) is 1. The number of alkyl halides is 1. The first kappa shape index (κ1) is 32.6. The number of carbonyl (C=O) groups excluding carboxylic acids is 1. The summed E-state index contributed by atoms with van der Waals surface area (Å²) in [5.74, 6) is 0.278. The van der Waals surface area contributed by atoms with Crippen LogP contribution < -0.4 is 14.4 Å². The molecule has 6 aromatic rings. The van der Waals surface area contributed by atoms with Crippen molar-refractivity contribution in [3.05, 3.63) is 89.7 Å². The van der Waals surface area contributed by atoms with Crippen molar-refractivity contribution in [3.8, 4) is 45.7 Å². The van der Waals surface area contributed by atoms with Crippen molar-refractivity contribution in [1.29, 1.82) is 5.26 Å². The van der Waals surface area contributed by atoms with Gasteiger partial charge < -0.3 is 23.2 Å². The third-order valence-corrected chi connectivity index (χ3v) is 8.87. The minimum absolute atomic E-state index is 0.256. The number of fused-ring (bicyclic) bond motifs is 2. The maximum atomic E-state index is 14.8. The topological polar surface area (TPSA) is 105 Å². The summed E-state index contributed by atoms with van der Waals surface area (Å²) in [5.41, 5.74) is 3.87. The van der Waals surface area contributed by atoms with E-state index in [4.69, 9.17) is 13.6 Å². The molecule has 2 aromatic heterocycles. The van der Waals surface area contributed by atoms with Gasteiger partial charge in [-0.3, -0.25) is 4.79 Å². The van der Waals surface area contributed by atoms with E-state index < -0.39 is 11.5 Å². The number of hydrogen-bond acceptors (Lipinski definition) is 8. The Balaban J connectivity index is 1.61. The van der Waals surface area contributed by atoms with Gasteiger partial charge in [-0.25, -0.2) is 13.8 Å². The summed E-state index contributed by atoms with van der Waals surface area (Å²) in [7, 11) is 3.08. The molecule has 0 fully saturated rings. The molecular formula is C37H32F2N4O4S. The summed E-state index contributed by atoms with van der Waals surface area (Å²) in [4.78, 5) is 18.0. The standard InChI is InChI=1S/C37H32F2N4O4S/c1-37(2,39)15-16-43(48-5)28-19-31-26(32(35(44)41-3)34(46-31)21-9-12-24(38)13-10-21)18-25(28)22-11-14-29(45-4)27(17-22)36-42-33-23(20-40)7-6-8-30(33)47-36/h6-14,17-19H,15-16H2,1-5H3,(H,41,44). The number of nitrogens with zero attached hydrogens (tertiary/aromatic N) is 3. The van der Waals surface area contributed by atoms with Crippen LogP contribution in [0.4, 0.5) is 14.5 Å². The van der Waals surface area contributed by atoms with Gasteiger partial charge in [0.1, 0.15) is 40.2 Å². The number of ether oxygens (including phenoxy) is 1. The van der Waals surface area contributed by atoms with Crippen molar-refractivity contribution >= 4 is 45.6 Å². The highest BCUT2D eigenvalue weighted by Crippen LogP contribution is 2.44. The average molecular weight is 667 g/mol.